The van der Waals surface area contributed by atoms with E-state index in [-0.39, 0.29) is 44.5 Å². The Labute approximate surface area is 221 Å². The predicted molar refractivity (Wildman–Crippen MR) is 125 cm³/mol. The maximum Gasteiger partial charge on any atom is 0.236 e. The first-order valence-electron chi connectivity index (χ1n) is 10.9. The van der Waals surface area contributed by atoms with Gasteiger partial charge in [-0.05, 0) is 24.5 Å². The van der Waals surface area contributed by atoms with Crippen LogP contribution >= 0.6 is 11.3 Å². The van der Waals surface area contributed by atoms with Crippen LogP contribution in [0.25, 0.3) is 0 Å². The fraction of sp³-hybridized carbons (Fsp3) is 0.609. The first-order valence-corrected chi connectivity index (χ1v) is 13.4. The van der Waals surface area contributed by atoms with Gasteiger partial charge in [0.25, 0.3) is 0 Å². The van der Waals surface area contributed by atoms with Gasteiger partial charge in [0.15, 0.2) is 0 Å². The average molecular weight is 555 g/mol. The molecule has 3 rings (SSSR count). The summed E-state index contributed by atoms with van der Waals surface area (Å²) in [6.45, 7) is 6.93. The van der Waals surface area contributed by atoms with E-state index in [0.717, 1.165) is 36.1 Å². The summed E-state index contributed by atoms with van der Waals surface area (Å²) in [5.41, 5.74) is 0.447. The zero-order valence-corrected chi connectivity index (χ0v) is 23.6. The number of anilines is 1. The van der Waals surface area contributed by atoms with Crippen LogP contribution in [-0.2, 0) is 59.5 Å². The van der Waals surface area contributed by atoms with Crippen molar-refractivity contribution in [3.63, 3.8) is 0 Å². The Kier molecular flexibility index (Phi) is 10.8. The summed E-state index contributed by atoms with van der Waals surface area (Å²) in [6.07, 6.45) is 5.69. The van der Waals surface area contributed by atoms with Crippen LogP contribution in [0.3, 0.4) is 0 Å². The number of hydrogen-bond acceptors (Lipinski definition) is 6. The van der Waals surface area contributed by atoms with Gasteiger partial charge in [-0.25, -0.2) is 17.7 Å². The zero-order valence-electron chi connectivity index (χ0n) is 19.2. The first kappa shape index (κ1) is 27.9. The van der Waals surface area contributed by atoms with Gasteiger partial charge in [-0.1, -0.05) is 46.1 Å². The van der Waals surface area contributed by atoms with Crippen LogP contribution in [0.5, 0.6) is 0 Å². The molecule has 32 heavy (non-hydrogen) atoms. The molecule has 0 spiro atoms. The molecule has 0 bridgehead atoms. The van der Waals surface area contributed by atoms with E-state index in [1.165, 1.54) is 15.6 Å². The van der Waals surface area contributed by atoms with E-state index >= 15 is 0 Å². The number of thiophene rings is 1. The van der Waals surface area contributed by atoms with E-state index in [4.69, 9.17) is 4.74 Å². The third-order valence-corrected chi connectivity index (χ3v) is 8.66. The number of hydrogen-bond donors (Lipinski definition) is 1. The number of sulfonamides is 1. The van der Waals surface area contributed by atoms with E-state index in [0.29, 0.717) is 25.5 Å². The van der Waals surface area contributed by atoms with Crippen molar-refractivity contribution in [1.82, 2.24) is 4.98 Å². The van der Waals surface area contributed by atoms with Crippen LogP contribution in [0.2, 0.25) is 0 Å². The molecule has 1 radical (unpaired) electrons. The Hall–Kier alpha value is -0.376. The maximum atomic E-state index is 12.7. The van der Waals surface area contributed by atoms with Crippen LogP contribution in [0, 0.1) is 5.38 Å². The van der Waals surface area contributed by atoms with Crippen LogP contribution in [0.1, 0.15) is 63.3 Å². The average Bonchev–Trinajstić information content (AvgIpc) is 3.35. The number of aromatic nitrogens is 1. The molecule has 1 aliphatic rings. The quantitative estimate of drug-likeness (QED) is 0.331. The molecule has 3 heterocycles. The largest absolute Gasteiger partial charge is 0.392 e. The van der Waals surface area contributed by atoms with E-state index in [1.807, 2.05) is 32.0 Å². The van der Waals surface area contributed by atoms with Gasteiger partial charge >= 0.3 is 0 Å². The molecule has 2 aromatic rings. The van der Waals surface area contributed by atoms with E-state index in [2.05, 4.69) is 17.3 Å². The molecule has 1 aliphatic heterocycles. The van der Waals surface area contributed by atoms with Gasteiger partial charge in [-0.2, -0.15) is 12.1 Å². The van der Waals surface area contributed by atoms with Crippen molar-refractivity contribution in [3.8, 4) is 0 Å². The maximum absolute atomic E-state index is 12.7. The van der Waals surface area contributed by atoms with Crippen LogP contribution in [0.15, 0.2) is 30.5 Å². The van der Waals surface area contributed by atoms with Crippen molar-refractivity contribution in [2.75, 3.05) is 16.7 Å². The van der Waals surface area contributed by atoms with Gasteiger partial charge in [-0.3, -0.25) is 11.3 Å². The SMILES string of the molecule is CCCCCC(O)C(C)(C)c1ccc(N2C(COCc3cc[c-]s3)CCS2(=O)=O)nc1.[Y]. The summed E-state index contributed by atoms with van der Waals surface area (Å²) in [5, 5.41) is 13.7. The molecule has 2 aromatic heterocycles. The van der Waals surface area contributed by atoms with Crippen LogP contribution in [0.4, 0.5) is 5.82 Å². The number of aliphatic hydroxyl groups excluding tert-OH is 1. The number of nitrogens with zero attached hydrogens (tertiary/aromatic N) is 2. The molecule has 1 fully saturated rings. The van der Waals surface area contributed by atoms with Crippen molar-refractivity contribution < 1.29 is 51.0 Å². The minimum atomic E-state index is -3.42. The smallest absolute Gasteiger partial charge is 0.236 e. The molecular formula is C23H33N2O4S2Y-. The summed E-state index contributed by atoms with van der Waals surface area (Å²) < 4.78 is 32.6. The van der Waals surface area contributed by atoms with Crippen LogP contribution < -0.4 is 4.31 Å². The molecule has 2 unspecified atom stereocenters. The van der Waals surface area contributed by atoms with Gasteiger partial charge in [0.1, 0.15) is 5.82 Å². The van der Waals surface area contributed by atoms with Crippen molar-refractivity contribution in [1.29, 1.82) is 0 Å². The predicted octanol–water partition coefficient (Wildman–Crippen LogP) is 4.28. The molecule has 2 atom stereocenters. The monoisotopic (exact) mass is 554 g/mol. The molecule has 1 saturated heterocycles. The molecular weight excluding hydrogens is 521 g/mol. The van der Waals surface area contributed by atoms with Crippen molar-refractivity contribution in [2.24, 2.45) is 0 Å². The molecule has 175 valence electrons. The van der Waals surface area contributed by atoms with Crippen molar-refractivity contribution in [2.45, 2.75) is 77.0 Å². The van der Waals surface area contributed by atoms with E-state index in [1.54, 1.807) is 12.3 Å². The topological polar surface area (TPSA) is 79.7 Å². The Balaban J connectivity index is 0.00000363. The second-order valence-electron chi connectivity index (χ2n) is 8.73. The summed E-state index contributed by atoms with van der Waals surface area (Å²) in [6, 6.07) is 7.18. The molecule has 0 aromatic carbocycles. The third-order valence-electron chi connectivity index (χ3n) is 6.05. The normalized spacial score (nSPS) is 19.0. The second-order valence-corrected chi connectivity index (χ2v) is 11.7. The number of rotatable bonds is 11. The Morgan fingerprint density at radius 2 is 2.12 bits per heavy atom. The fourth-order valence-electron chi connectivity index (χ4n) is 3.89. The number of unbranched alkanes of at least 4 members (excludes halogenated alkanes) is 2. The fourth-order valence-corrected chi connectivity index (χ4v) is 6.24. The van der Waals surface area contributed by atoms with E-state index < -0.39 is 21.5 Å². The standard InChI is InChI=1S/C23H33N2O4S2.Y/c1-4-5-6-9-21(26)23(2,3)18-10-11-22(24-15-18)25-19(12-14-31(25,27)28)16-29-17-20-8-7-13-30-20;/h7-8,10-11,15,19,21,26H,4-6,9,12,14,16-17H2,1-3H3;/q-1;. The van der Waals surface area contributed by atoms with Gasteiger partial charge in [0, 0.05) is 50.9 Å². The van der Waals surface area contributed by atoms with Gasteiger partial charge in [0.05, 0.1) is 24.5 Å². The van der Waals surface area contributed by atoms with Gasteiger partial charge in [-0.15, -0.1) is 10.3 Å². The van der Waals surface area contributed by atoms with Crippen LogP contribution in [-0.4, -0.2) is 43.0 Å². The second kappa shape index (κ2) is 12.4. The number of aliphatic hydroxyl groups is 1. The zero-order chi connectivity index (χ0) is 22.5. The number of pyridine rings is 1. The van der Waals surface area contributed by atoms with Gasteiger partial charge in [0.2, 0.25) is 10.0 Å². The van der Waals surface area contributed by atoms with E-state index in [9.17, 15) is 13.5 Å². The molecule has 0 amide bonds. The Morgan fingerprint density at radius 3 is 2.75 bits per heavy atom. The van der Waals surface area contributed by atoms with Crippen molar-refractivity contribution in [3.05, 3.63) is 46.3 Å². The summed E-state index contributed by atoms with van der Waals surface area (Å²) in [4.78, 5) is 5.55. The molecule has 9 heteroatoms. The minimum absolute atomic E-state index is 0. The number of ether oxygens (including phenoxy) is 1. The molecule has 6 nitrogen and oxygen atoms in total. The first-order chi connectivity index (χ1) is 14.8. The summed E-state index contributed by atoms with van der Waals surface area (Å²) >= 11 is 1.50. The Bertz CT molecular complexity index is 918. The molecule has 1 N–H and O–H groups in total. The Morgan fingerprint density at radius 1 is 1.34 bits per heavy atom. The van der Waals surface area contributed by atoms with Gasteiger partial charge < -0.3 is 9.84 Å². The molecule has 0 aliphatic carbocycles. The van der Waals surface area contributed by atoms with Crippen molar-refractivity contribution >= 4 is 27.2 Å². The summed E-state index contributed by atoms with van der Waals surface area (Å²) in [5.74, 6) is 0.509. The summed E-state index contributed by atoms with van der Waals surface area (Å²) in [7, 11) is -3.42. The molecule has 0 saturated carbocycles. The minimum Gasteiger partial charge on any atom is -0.392 e. The third kappa shape index (κ3) is 6.83.